The number of aromatic nitrogens is 6. The Morgan fingerprint density at radius 3 is 2.33 bits per heavy atom. The SMILES string of the molecule is C=C(C)Cn1c(-n2nc(C)cc2C)nc2c1c(=O)n(CC(C)=O)c(=O)n2C. The van der Waals surface area contributed by atoms with E-state index < -0.39 is 11.2 Å². The molecule has 0 spiro atoms. The number of Topliss-reactive ketones (excluding diaryl/α,β-unsaturated/α-hetero) is 1. The molecule has 9 nitrogen and oxygen atoms in total. The van der Waals surface area contributed by atoms with Crippen LogP contribution in [0.15, 0.2) is 27.8 Å². The van der Waals surface area contributed by atoms with Crippen molar-refractivity contribution >= 4 is 16.9 Å². The summed E-state index contributed by atoms with van der Waals surface area (Å²) in [7, 11) is 1.53. The number of rotatable bonds is 5. The minimum absolute atomic E-state index is 0.240. The predicted octanol–water partition coefficient (Wildman–Crippen LogP) is 0.864. The molecule has 27 heavy (non-hydrogen) atoms. The van der Waals surface area contributed by atoms with Crippen molar-refractivity contribution in [2.24, 2.45) is 7.05 Å². The normalized spacial score (nSPS) is 11.3. The Morgan fingerprint density at radius 2 is 1.81 bits per heavy atom. The maximum Gasteiger partial charge on any atom is 0.332 e. The van der Waals surface area contributed by atoms with Gasteiger partial charge >= 0.3 is 5.69 Å². The van der Waals surface area contributed by atoms with E-state index in [2.05, 4.69) is 16.7 Å². The van der Waals surface area contributed by atoms with E-state index in [-0.39, 0.29) is 23.5 Å². The quantitative estimate of drug-likeness (QED) is 0.621. The molecule has 3 aromatic rings. The third-order valence-corrected chi connectivity index (χ3v) is 4.22. The largest absolute Gasteiger partial charge is 0.332 e. The molecule has 0 unspecified atom stereocenters. The van der Waals surface area contributed by atoms with Crippen LogP contribution in [0.1, 0.15) is 25.2 Å². The van der Waals surface area contributed by atoms with Crippen LogP contribution in [0.2, 0.25) is 0 Å². The molecule has 0 bridgehead atoms. The van der Waals surface area contributed by atoms with Crippen molar-refractivity contribution in [2.75, 3.05) is 0 Å². The first-order valence-electron chi connectivity index (χ1n) is 8.49. The summed E-state index contributed by atoms with van der Waals surface area (Å²) in [5, 5.41) is 4.45. The van der Waals surface area contributed by atoms with E-state index in [0.717, 1.165) is 21.5 Å². The van der Waals surface area contributed by atoms with Gasteiger partial charge in [0.15, 0.2) is 11.2 Å². The van der Waals surface area contributed by atoms with Crippen LogP contribution < -0.4 is 11.2 Å². The summed E-state index contributed by atoms with van der Waals surface area (Å²) in [6.45, 7) is 10.9. The molecule has 0 aliphatic carbocycles. The number of hydrogen-bond donors (Lipinski definition) is 0. The van der Waals surface area contributed by atoms with Gasteiger partial charge in [0, 0.05) is 19.3 Å². The number of carbonyl (C=O) groups is 1. The highest BCUT2D eigenvalue weighted by atomic mass is 16.2. The summed E-state index contributed by atoms with van der Waals surface area (Å²) < 4.78 is 5.54. The van der Waals surface area contributed by atoms with Crippen LogP contribution in [0, 0.1) is 13.8 Å². The summed E-state index contributed by atoms with van der Waals surface area (Å²) in [4.78, 5) is 41.7. The van der Waals surface area contributed by atoms with Gasteiger partial charge in [0.1, 0.15) is 5.78 Å². The molecule has 0 aromatic carbocycles. The van der Waals surface area contributed by atoms with Crippen LogP contribution in [-0.4, -0.2) is 34.2 Å². The molecule has 3 rings (SSSR count). The van der Waals surface area contributed by atoms with E-state index in [1.54, 1.807) is 9.25 Å². The number of fused-ring (bicyclic) bond motifs is 1. The Balaban J connectivity index is 2.47. The van der Waals surface area contributed by atoms with E-state index in [1.807, 2.05) is 26.8 Å². The monoisotopic (exact) mass is 370 g/mol. The molecule has 0 amide bonds. The topological polar surface area (TPSA) is 96.7 Å². The first-order valence-corrected chi connectivity index (χ1v) is 8.49. The molecule has 0 saturated heterocycles. The molecular weight excluding hydrogens is 348 g/mol. The Hall–Kier alpha value is -3.23. The van der Waals surface area contributed by atoms with Gasteiger partial charge in [0.05, 0.1) is 12.2 Å². The van der Waals surface area contributed by atoms with Gasteiger partial charge in [0.2, 0.25) is 5.95 Å². The average Bonchev–Trinajstić information content (AvgIpc) is 3.08. The zero-order valence-corrected chi connectivity index (χ0v) is 16.1. The van der Waals surface area contributed by atoms with E-state index in [1.165, 1.54) is 18.5 Å². The summed E-state index contributed by atoms with van der Waals surface area (Å²) >= 11 is 0. The van der Waals surface area contributed by atoms with Crippen molar-refractivity contribution in [3.05, 3.63) is 50.4 Å². The lowest BCUT2D eigenvalue weighted by atomic mass is 10.3. The highest BCUT2D eigenvalue weighted by Crippen LogP contribution is 2.18. The van der Waals surface area contributed by atoms with Gasteiger partial charge in [-0.15, -0.1) is 0 Å². The number of imidazole rings is 1. The smallest absolute Gasteiger partial charge is 0.298 e. The second-order valence-corrected chi connectivity index (χ2v) is 6.90. The van der Waals surface area contributed by atoms with Crippen LogP contribution in [0.3, 0.4) is 0 Å². The third-order valence-electron chi connectivity index (χ3n) is 4.22. The second-order valence-electron chi connectivity index (χ2n) is 6.90. The number of ketones is 1. The third kappa shape index (κ3) is 3.05. The average molecular weight is 370 g/mol. The number of hydrogen-bond acceptors (Lipinski definition) is 5. The number of aryl methyl sites for hydroxylation is 3. The Kier molecular flexibility index (Phi) is 4.46. The Labute approximate surface area is 155 Å². The molecule has 0 radical (unpaired) electrons. The first-order chi connectivity index (χ1) is 12.6. The van der Waals surface area contributed by atoms with Gasteiger partial charge in [0.25, 0.3) is 5.56 Å². The van der Waals surface area contributed by atoms with Gasteiger partial charge < -0.3 is 0 Å². The van der Waals surface area contributed by atoms with Gasteiger partial charge in [-0.3, -0.25) is 23.3 Å². The van der Waals surface area contributed by atoms with Gasteiger partial charge in [-0.25, -0.2) is 9.48 Å². The van der Waals surface area contributed by atoms with E-state index >= 15 is 0 Å². The van der Waals surface area contributed by atoms with Crippen molar-refractivity contribution in [2.45, 2.75) is 40.8 Å². The van der Waals surface area contributed by atoms with Crippen molar-refractivity contribution in [1.82, 2.24) is 28.5 Å². The number of allylic oxidation sites excluding steroid dienone is 1. The Morgan fingerprint density at radius 1 is 1.15 bits per heavy atom. The molecule has 3 heterocycles. The molecule has 0 saturated carbocycles. The van der Waals surface area contributed by atoms with E-state index in [9.17, 15) is 14.4 Å². The highest BCUT2D eigenvalue weighted by molar-refractivity contribution is 5.76. The number of carbonyl (C=O) groups excluding carboxylic acids is 1. The van der Waals surface area contributed by atoms with Crippen LogP contribution in [0.5, 0.6) is 0 Å². The zero-order valence-electron chi connectivity index (χ0n) is 16.1. The summed E-state index contributed by atoms with van der Waals surface area (Å²) in [6.07, 6.45) is 0. The van der Waals surface area contributed by atoms with Gasteiger partial charge in [-0.05, 0) is 33.8 Å². The molecule has 142 valence electrons. The summed E-state index contributed by atoms with van der Waals surface area (Å²) in [5.41, 5.74) is 1.82. The molecule has 9 heteroatoms. The number of nitrogens with zero attached hydrogens (tertiary/aromatic N) is 6. The predicted molar refractivity (Wildman–Crippen MR) is 101 cm³/mol. The minimum Gasteiger partial charge on any atom is -0.298 e. The summed E-state index contributed by atoms with van der Waals surface area (Å²) in [5.74, 6) is 0.143. The lowest BCUT2D eigenvalue weighted by molar-refractivity contribution is -0.117. The molecule has 0 N–H and O–H groups in total. The standard InChI is InChI=1S/C18H22N6O3/c1-10(2)8-22-14-15(19-17(22)24-12(4)7-11(3)20-24)21(6)18(27)23(16(14)26)9-13(5)25/h7H,1,8-9H2,2-6H3. The van der Waals surface area contributed by atoms with Crippen LogP contribution >= 0.6 is 0 Å². The highest BCUT2D eigenvalue weighted by Gasteiger charge is 2.22. The lowest BCUT2D eigenvalue weighted by Crippen LogP contribution is -2.41. The van der Waals surface area contributed by atoms with E-state index in [4.69, 9.17) is 0 Å². The van der Waals surface area contributed by atoms with E-state index in [0.29, 0.717) is 12.5 Å². The van der Waals surface area contributed by atoms with Crippen molar-refractivity contribution in [3.8, 4) is 5.95 Å². The molecule has 3 aromatic heterocycles. The van der Waals surface area contributed by atoms with Crippen molar-refractivity contribution in [1.29, 1.82) is 0 Å². The van der Waals surface area contributed by atoms with Gasteiger partial charge in [-0.2, -0.15) is 10.1 Å². The summed E-state index contributed by atoms with van der Waals surface area (Å²) in [6, 6.07) is 1.90. The fourth-order valence-corrected chi connectivity index (χ4v) is 3.13. The molecular formula is C18H22N6O3. The molecule has 0 fully saturated rings. The lowest BCUT2D eigenvalue weighted by Gasteiger charge is -2.11. The van der Waals surface area contributed by atoms with Crippen LogP contribution in [0.4, 0.5) is 0 Å². The van der Waals surface area contributed by atoms with Gasteiger partial charge in [-0.1, -0.05) is 12.2 Å². The molecule has 0 aliphatic heterocycles. The van der Waals surface area contributed by atoms with Crippen LogP contribution in [-0.2, 0) is 24.9 Å². The fourth-order valence-electron chi connectivity index (χ4n) is 3.13. The van der Waals surface area contributed by atoms with Crippen molar-refractivity contribution < 1.29 is 4.79 Å². The molecule has 0 atom stereocenters. The van der Waals surface area contributed by atoms with Crippen LogP contribution in [0.25, 0.3) is 17.1 Å². The Bertz CT molecular complexity index is 1200. The second kappa shape index (κ2) is 6.49. The molecule has 0 aliphatic rings. The fraction of sp³-hybridized carbons (Fsp3) is 0.389. The van der Waals surface area contributed by atoms with Crippen molar-refractivity contribution in [3.63, 3.8) is 0 Å². The maximum atomic E-state index is 13.1. The zero-order chi connectivity index (χ0) is 20.0. The maximum absolute atomic E-state index is 13.1. The first kappa shape index (κ1) is 18.6. The minimum atomic E-state index is -0.581.